The van der Waals surface area contributed by atoms with Gasteiger partial charge >= 0.3 is 0 Å². The Morgan fingerprint density at radius 2 is 2.00 bits per heavy atom. The Hall–Kier alpha value is -1.77. The van der Waals surface area contributed by atoms with Gasteiger partial charge in [-0.25, -0.2) is 0 Å². The molecule has 0 amide bonds. The summed E-state index contributed by atoms with van der Waals surface area (Å²) in [5.41, 5.74) is 3.23. The third-order valence-corrected chi connectivity index (χ3v) is 2.36. The van der Waals surface area contributed by atoms with Gasteiger partial charge in [-0.05, 0) is 22.9 Å². The first-order valence-corrected chi connectivity index (χ1v) is 4.20. The lowest BCUT2D eigenvalue weighted by Gasteiger charge is -2.24. The van der Waals surface area contributed by atoms with E-state index >= 15 is 0 Å². The van der Waals surface area contributed by atoms with Gasteiger partial charge in [0.1, 0.15) is 0 Å². The highest BCUT2D eigenvalue weighted by atomic mass is 15.4. The van der Waals surface area contributed by atoms with E-state index in [1.165, 1.54) is 5.57 Å². The minimum atomic E-state index is 0.229. The lowest BCUT2D eigenvalue weighted by Crippen LogP contribution is -2.21. The Morgan fingerprint density at radius 1 is 1.08 bits per heavy atom. The largest absolute Gasteiger partial charge is 0.134 e. The molecule has 1 unspecified atom stereocenters. The maximum atomic E-state index is 4.01. The van der Waals surface area contributed by atoms with E-state index in [4.69, 9.17) is 0 Å². The molecule has 0 fully saturated rings. The topological polar surface area (TPSA) is 37.1 Å². The van der Waals surface area contributed by atoms with Crippen LogP contribution in [0.2, 0.25) is 0 Å². The maximum absolute atomic E-state index is 4.01. The Kier molecular flexibility index (Phi) is 1.22. The van der Waals surface area contributed by atoms with Crippen LogP contribution in [0.3, 0.4) is 0 Å². The van der Waals surface area contributed by atoms with Gasteiger partial charge < -0.3 is 0 Å². The van der Waals surface area contributed by atoms with E-state index in [9.17, 15) is 0 Å². The second kappa shape index (κ2) is 2.36. The summed E-state index contributed by atoms with van der Waals surface area (Å²) < 4.78 is 0. The predicted octanol–water partition coefficient (Wildman–Crippen LogP) is 2.37. The van der Waals surface area contributed by atoms with Crippen molar-refractivity contribution in [3.63, 3.8) is 0 Å². The molecule has 0 saturated heterocycles. The van der Waals surface area contributed by atoms with Crippen molar-refractivity contribution in [2.75, 3.05) is 0 Å². The quantitative estimate of drug-likeness (QED) is 0.534. The standard InChI is InChI=1S/C10H7N3/c1-3-7-4-2-6-9-10(7)8(5-1)11-13-12-9/h1-6,10H. The van der Waals surface area contributed by atoms with E-state index in [1.807, 2.05) is 24.3 Å². The molecule has 0 aromatic heterocycles. The van der Waals surface area contributed by atoms with Crippen molar-refractivity contribution < 1.29 is 0 Å². The van der Waals surface area contributed by atoms with Crippen molar-refractivity contribution in [2.24, 2.45) is 21.4 Å². The molecule has 3 nitrogen and oxygen atoms in total. The van der Waals surface area contributed by atoms with Crippen LogP contribution in [0.5, 0.6) is 0 Å². The fourth-order valence-corrected chi connectivity index (χ4v) is 1.76. The molecule has 3 aliphatic rings. The van der Waals surface area contributed by atoms with Crippen molar-refractivity contribution in [3.05, 3.63) is 47.7 Å². The molecule has 0 spiro atoms. The van der Waals surface area contributed by atoms with E-state index in [1.54, 1.807) is 0 Å². The van der Waals surface area contributed by atoms with E-state index in [-0.39, 0.29) is 5.92 Å². The average molecular weight is 169 g/mol. The van der Waals surface area contributed by atoms with Crippen LogP contribution in [0, 0.1) is 5.92 Å². The van der Waals surface area contributed by atoms with Crippen molar-refractivity contribution in [1.82, 2.24) is 0 Å². The van der Waals surface area contributed by atoms with Crippen LogP contribution < -0.4 is 0 Å². The third-order valence-electron chi connectivity index (χ3n) is 2.36. The van der Waals surface area contributed by atoms with Crippen LogP contribution >= 0.6 is 0 Å². The zero-order chi connectivity index (χ0) is 8.67. The number of nitrogens with zero attached hydrogens (tertiary/aromatic N) is 3. The first-order valence-electron chi connectivity index (χ1n) is 4.20. The Labute approximate surface area is 75.6 Å². The van der Waals surface area contributed by atoms with Crippen molar-refractivity contribution in [2.45, 2.75) is 0 Å². The molecule has 1 heterocycles. The molecule has 3 heteroatoms. The zero-order valence-electron chi connectivity index (χ0n) is 6.88. The van der Waals surface area contributed by atoms with Gasteiger partial charge in [0.25, 0.3) is 0 Å². The minimum Gasteiger partial charge on any atom is -0.134 e. The first-order chi connectivity index (χ1) is 6.45. The van der Waals surface area contributed by atoms with Gasteiger partial charge in [0, 0.05) is 0 Å². The third kappa shape index (κ3) is 0.869. The second-order valence-corrected chi connectivity index (χ2v) is 3.12. The molecule has 0 radical (unpaired) electrons. The summed E-state index contributed by atoms with van der Waals surface area (Å²) in [5.74, 6) is 0.229. The van der Waals surface area contributed by atoms with Gasteiger partial charge in [-0.1, -0.05) is 24.3 Å². The fourth-order valence-electron chi connectivity index (χ4n) is 1.76. The van der Waals surface area contributed by atoms with Gasteiger partial charge in [-0.3, -0.25) is 0 Å². The molecular formula is C10H7N3. The highest BCUT2D eigenvalue weighted by Gasteiger charge is 2.27. The molecule has 0 aromatic carbocycles. The molecule has 0 N–H and O–H groups in total. The SMILES string of the molecule is C1=CC2=CC=CC3=NN=NC(=C1)C23. The van der Waals surface area contributed by atoms with Crippen LogP contribution in [-0.2, 0) is 0 Å². The number of rotatable bonds is 0. The highest BCUT2D eigenvalue weighted by Crippen LogP contribution is 2.33. The molecule has 2 aliphatic carbocycles. The average Bonchev–Trinajstić information content (AvgIpc) is 2.19. The van der Waals surface area contributed by atoms with Gasteiger partial charge in [0.2, 0.25) is 0 Å². The summed E-state index contributed by atoms with van der Waals surface area (Å²) >= 11 is 0. The van der Waals surface area contributed by atoms with Crippen molar-refractivity contribution in [1.29, 1.82) is 0 Å². The van der Waals surface area contributed by atoms with Crippen LogP contribution in [0.15, 0.2) is 63.2 Å². The van der Waals surface area contributed by atoms with Crippen molar-refractivity contribution >= 4 is 5.71 Å². The van der Waals surface area contributed by atoms with Crippen LogP contribution in [0.4, 0.5) is 0 Å². The first kappa shape index (κ1) is 6.71. The lowest BCUT2D eigenvalue weighted by molar-refractivity contribution is 0.824. The molecule has 1 atom stereocenters. The summed E-state index contributed by atoms with van der Waals surface area (Å²) in [6.07, 6.45) is 12.2. The summed E-state index contributed by atoms with van der Waals surface area (Å²) in [6, 6.07) is 0. The monoisotopic (exact) mass is 169 g/mol. The summed E-state index contributed by atoms with van der Waals surface area (Å²) in [7, 11) is 0. The van der Waals surface area contributed by atoms with E-state index in [2.05, 4.69) is 27.6 Å². The molecule has 62 valence electrons. The van der Waals surface area contributed by atoms with E-state index < -0.39 is 0 Å². The molecule has 0 bridgehead atoms. The van der Waals surface area contributed by atoms with Crippen LogP contribution in [-0.4, -0.2) is 5.71 Å². The molecular weight excluding hydrogens is 162 g/mol. The Bertz CT molecular complexity index is 367. The summed E-state index contributed by atoms with van der Waals surface area (Å²) in [4.78, 5) is 0. The summed E-state index contributed by atoms with van der Waals surface area (Å²) in [6.45, 7) is 0. The van der Waals surface area contributed by atoms with E-state index in [0.29, 0.717) is 0 Å². The fraction of sp³-hybridized carbons (Fsp3) is 0.100. The smallest absolute Gasteiger partial charge is 0.0784 e. The summed E-state index contributed by atoms with van der Waals surface area (Å²) in [5, 5.41) is 11.7. The predicted molar refractivity (Wildman–Crippen MR) is 50.2 cm³/mol. The van der Waals surface area contributed by atoms with Crippen LogP contribution in [0.25, 0.3) is 0 Å². The Balaban J connectivity index is 2.23. The van der Waals surface area contributed by atoms with Gasteiger partial charge in [-0.15, -0.1) is 10.2 Å². The molecule has 0 aromatic rings. The zero-order valence-corrected chi connectivity index (χ0v) is 6.88. The number of allylic oxidation sites excluding steroid dienone is 7. The molecule has 13 heavy (non-hydrogen) atoms. The van der Waals surface area contributed by atoms with Gasteiger partial charge in [-0.2, -0.15) is 0 Å². The number of hydrogen-bond acceptors (Lipinski definition) is 3. The van der Waals surface area contributed by atoms with Gasteiger partial charge in [0.05, 0.1) is 17.3 Å². The number of hydrogen-bond donors (Lipinski definition) is 0. The normalized spacial score (nSPS) is 27.7. The lowest BCUT2D eigenvalue weighted by atomic mass is 9.84. The van der Waals surface area contributed by atoms with E-state index in [0.717, 1.165) is 11.4 Å². The molecule has 3 rings (SSSR count). The minimum absolute atomic E-state index is 0.229. The Morgan fingerprint density at radius 3 is 3.00 bits per heavy atom. The van der Waals surface area contributed by atoms with Crippen LogP contribution in [0.1, 0.15) is 0 Å². The highest BCUT2D eigenvalue weighted by molar-refractivity contribution is 6.03. The molecule has 0 saturated carbocycles. The second-order valence-electron chi connectivity index (χ2n) is 3.12. The maximum Gasteiger partial charge on any atom is 0.0784 e. The van der Waals surface area contributed by atoms with Crippen molar-refractivity contribution in [3.8, 4) is 0 Å². The van der Waals surface area contributed by atoms with Gasteiger partial charge in [0.15, 0.2) is 0 Å². The molecule has 1 aliphatic heterocycles.